The van der Waals surface area contributed by atoms with Crippen LogP contribution in [0.1, 0.15) is 65.2 Å². The molecule has 1 aromatic rings. The summed E-state index contributed by atoms with van der Waals surface area (Å²) in [6.45, 7) is 17.2. The molecule has 0 aliphatic heterocycles. The zero-order chi connectivity index (χ0) is 17.2. The maximum Gasteiger partial charge on any atom is 0.0553 e. The minimum atomic E-state index is -0.00604. The molecule has 0 fully saturated rings. The highest BCUT2D eigenvalue weighted by atomic mass is 16.5. The van der Waals surface area contributed by atoms with Gasteiger partial charge >= 0.3 is 0 Å². The van der Waals surface area contributed by atoms with Crippen LogP contribution in [0.5, 0.6) is 0 Å². The molecule has 0 bridgehead atoms. The zero-order valence-electron chi connectivity index (χ0n) is 16.0. The molecule has 0 saturated carbocycles. The zero-order valence-corrected chi connectivity index (χ0v) is 16.0. The Balaban J connectivity index is 3.47. The van der Waals surface area contributed by atoms with Crippen LogP contribution in [0.2, 0.25) is 0 Å². The van der Waals surface area contributed by atoms with Gasteiger partial charge < -0.3 is 9.47 Å². The minimum absolute atomic E-state index is 0.00604. The van der Waals surface area contributed by atoms with Crippen molar-refractivity contribution in [3.05, 3.63) is 34.9 Å². The Kier molecular flexibility index (Phi) is 5.86. The third-order valence-electron chi connectivity index (χ3n) is 4.37. The topological polar surface area (TPSA) is 18.5 Å². The fraction of sp³-hybridized carbons (Fsp3) is 0.700. The molecule has 0 atom stereocenters. The van der Waals surface area contributed by atoms with E-state index in [9.17, 15) is 0 Å². The number of benzene rings is 1. The van der Waals surface area contributed by atoms with E-state index in [4.69, 9.17) is 9.47 Å². The van der Waals surface area contributed by atoms with Gasteiger partial charge in [0.15, 0.2) is 0 Å². The Morgan fingerprint density at radius 2 is 0.955 bits per heavy atom. The molecule has 0 N–H and O–H groups in total. The first-order chi connectivity index (χ1) is 9.94. The summed E-state index contributed by atoms with van der Waals surface area (Å²) < 4.78 is 10.9. The molecule has 0 unspecified atom stereocenters. The highest BCUT2D eigenvalue weighted by Crippen LogP contribution is 2.35. The van der Waals surface area contributed by atoms with Gasteiger partial charge in [0.05, 0.1) is 13.2 Å². The van der Waals surface area contributed by atoms with Crippen LogP contribution in [0, 0.1) is 0 Å². The molecule has 0 aliphatic carbocycles. The van der Waals surface area contributed by atoms with E-state index in [0.29, 0.717) is 13.2 Å². The maximum atomic E-state index is 5.43. The predicted molar refractivity (Wildman–Crippen MR) is 94.9 cm³/mol. The summed E-state index contributed by atoms with van der Waals surface area (Å²) in [4.78, 5) is 0. The first kappa shape index (κ1) is 19.2. The van der Waals surface area contributed by atoms with Crippen LogP contribution >= 0.6 is 0 Å². The van der Waals surface area contributed by atoms with Gasteiger partial charge in [0, 0.05) is 25.0 Å². The highest BCUT2D eigenvalue weighted by Gasteiger charge is 2.28. The van der Waals surface area contributed by atoms with Gasteiger partial charge in [-0.15, -0.1) is 0 Å². The van der Waals surface area contributed by atoms with E-state index >= 15 is 0 Å². The molecule has 0 spiro atoms. The van der Waals surface area contributed by atoms with E-state index < -0.39 is 0 Å². The maximum absolute atomic E-state index is 5.43. The summed E-state index contributed by atoms with van der Waals surface area (Å²) in [5.74, 6) is 0. The molecule has 0 amide bonds. The van der Waals surface area contributed by atoms with E-state index in [1.165, 1.54) is 16.7 Å². The van der Waals surface area contributed by atoms with Crippen molar-refractivity contribution in [2.75, 3.05) is 27.4 Å². The van der Waals surface area contributed by atoms with Crippen molar-refractivity contribution in [2.45, 2.75) is 64.7 Å². The molecular weight excluding hydrogens is 272 g/mol. The van der Waals surface area contributed by atoms with Gasteiger partial charge in [-0.1, -0.05) is 66.7 Å². The highest BCUT2D eigenvalue weighted by molar-refractivity contribution is 5.40. The van der Waals surface area contributed by atoms with Crippen LogP contribution in [0.15, 0.2) is 18.2 Å². The molecule has 0 radical (unpaired) electrons. The summed E-state index contributed by atoms with van der Waals surface area (Å²) in [5, 5.41) is 0. The van der Waals surface area contributed by atoms with Gasteiger partial charge in [0.1, 0.15) is 0 Å². The van der Waals surface area contributed by atoms with Crippen LogP contribution < -0.4 is 0 Å². The minimum Gasteiger partial charge on any atom is -0.384 e. The van der Waals surface area contributed by atoms with Crippen molar-refractivity contribution < 1.29 is 9.47 Å². The van der Waals surface area contributed by atoms with Crippen molar-refractivity contribution in [1.82, 2.24) is 0 Å². The quantitative estimate of drug-likeness (QED) is 0.749. The summed E-state index contributed by atoms with van der Waals surface area (Å²) >= 11 is 0. The van der Waals surface area contributed by atoms with Crippen LogP contribution in [-0.2, 0) is 25.7 Å². The lowest BCUT2D eigenvalue weighted by Gasteiger charge is -2.32. The molecule has 2 nitrogen and oxygen atoms in total. The van der Waals surface area contributed by atoms with Crippen molar-refractivity contribution >= 4 is 0 Å². The number of hydrogen-bond acceptors (Lipinski definition) is 2. The number of hydrogen-bond donors (Lipinski definition) is 0. The van der Waals surface area contributed by atoms with E-state index in [1.54, 1.807) is 14.2 Å². The van der Waals surface area contributed by atoms with E-state index in [1.807, 2.05) is 0 Å². The van der Waals surface area contributed by atoms with Gasteiger partial charge in [-0.05, 0) is 22.1 Å². The second-order valence-electron chi connectivity index (χ2n) is 8.68. The Morgan fingerprint density at radius 3 is 1.23 bits per heavy atom. The normalized spacial score (nSPS) is 13.5. The van der Waals surface area contributed by atoms with Crippen molar-refractivity contribution in [3.63, 3.8) is 0 Å². The van der Waals surface area contributed by atoms with E-state index in [2.05, 4.69) is 66.7 Å². The molecule has 0 heterocycles. The molecule has 0 aliphatic rings. The molecule has 0 aromatic heterocycles. The Bertz CT molecular complexity index is 457. The molecule has 126 valence electrons. The SMILES string of the molecule is COCC(C)(C)c1cc(C(C)(C)C)cc(C(C)(C)COC)c1. The fourth-order valence-electron chi connectivity index (χ4n) is 2.73. The lowest BCUT2D eigenvalue weighted by molar-refractivity contribution is 0.143. The van der Waals surface area contributed by atoms with Crippen LogP contribution in [0.25, 0.3) is 0 Å². The largest absolute Gasteiger partial charge is 0.384 e. The molecular formula is C20H34O2. The second-order valence-corrected chi connectivity index (χ2v) is 8.68. The summed E-state index contributed by atoms with van der Waals surface area (Å²) in [6, 6.07) is 7.00. The number of methoxy groups -OCH3 is 2. The number of rotatable bonds is 6. The van der Waals surface area contributed by atoms with Gasteiger partial charge in [0.25, 0.3) is 0 Å². The lowest BCUT2D eigenvalue weighted by atomic mass is 9.75. The van der Waals surface area contributed by atoms with Crippen molar-refractivity contribution in [1.29, 1.82) is 0 Å². The van der Waals surface area contributed by atoms with Crippen LogP contribution in [0.4, 0.5) is 0 Å². The Hall–Kier alpha value is -0.860. The Morgan fingerprint density at radius 1 is 0.636 bits per heavy atom. The first-order valence-corrected chi connectivity index (χ1v) is 8.08. The predicted octanol–water partition coefficient (Wildman–Crippen LogP) is 4.83. The standard InChI is InChI=1S/C20H34O2/c1-18(2,3)15-10-16(19(4,5)13-21-8)12-17(11-15)20(6,7)14-22-9/h10-12H,13-14H2,1-9H3. The lowest BCUT2D eigenvalue weighted by Crippen LogP contribution is -2.28. The molecule has 2 heteroatoms. The Labute approximate surface area is 137 Å². The van der Waals surface area contributed by atoms with Crippen LogP contribution in [-0.4, -0.2) is 27.4 Å². The van der Waals surface area contributed by atoms with Gasteiger partial charge in [-0.2, -0.15) is 0 Å². The second kappa shape index (κ2) is 6.72. The molecule has 0 saturated heterocycles. The summed E-state index contributed by atoms with van der Waals surface area (Å²) in [6.07, 6.45) is 0. The van der Waals surface area contributed by atoms with Crippen LogP contribution in [0.3, 0.4) is 0 Å². The van der Waals surface area contributed by atoms with E-state index in [-0.39, 0.29) is 16.2 Å². The average molecular weight is 306 g/mol. The average Bonchev–Trinajstić information content (AvgIpc) is 2.37. The molecule has 22 heavy (non-hydrogen) atoms. The summed E-state index contributed by atoms with van der Waals surface area (Å²) in [7, 11) is 3.54. The monoisotopic (exact) mass is 306 g/mol. The van der Waals surface area contributed by atoms with Crippen molar-refractivity contribution in [3.8, 4) is 0 Å². The van der Waals surface area contributed by atoms with Crippen molar-refractivity contribution in [2.24, 2.45) is 0 Å². The van der Waals surface area contributed by atoms with Gasteiger partial charge in [0.2, 0.25) is 0 Å². The van der Waals surface area contributed by atoms with Gasteiger partial charge in [-0.3, -0.25) is 0 Å². The smallest absolute Gasteiger partial charge is 0.0553 e. The molecule has 1 rings (SSSR count). The molecule has 1 aromatic carbocycles. The van der Waals surface area contributed by atoms with E-state index in [0.717, 1.165) is 0 Å². The third kappa shape index (κ3) is 4.57. The summed E-state index contributed by atoms with van der Waals surface area (Å²) in [5.41, 5.74) is 4.15. The fourth-order valence-corrected chi connectivity index (χ4v) is 2.73. The first-order valence-electron chi connectivity index (χ1n) is 8.08. The third-order valence-corrected chi connectivity index (χ3v) is 4.37. The van der Waals surface area contributed by atoms with Gasteiger partial charge in [-0.25, -0.2) is 0 Å². The number of ether oxygens (including phenoxy) is 2.